The molecule has 0 aliphatic rings. The van der Waals surface area contributed by atoms with E-state index < -0.39 is 10.0 Å². The van der Waals surface area contributed by atoms with Gasteiger partial charge >= 0.3 is 0 Å². The maximum absolute atomic E-state index is 12.4. The molecule has 0 heterocycles. The maximum atomic E-state index is 12.4. The van der Waals surface area contributed by atoms with Gasteiger partial charge in [-0.05, 0) is 50.1 Å². The first-order valence-electron chi connectivity index (χ1n) is 7.65. The summed E-state index contributed by atoms with van der Waals surface area (Å²) in [6.45, 7) is 3.76. The molecule has 6 heteroatoms. The van der Waals surface area contributed by atoms with E-state index in [0.717, 1.165) is 11.1 Å². The summed E-state index contributed by atoms with van der Waals surface area (Å²) in [6, 6.07) is 12.1. The average Bonchev–Trinajstić information content (AvgIpc) is 2.54. The normalized spacial score (nSPS) is 12.7. The molecule has 0 fully saturated rings. The summed E-state index contributed by atoms with van der Waals surface area (Å²) in [7, 11) is -0.377. The molecule has 130 valence electrons. The number of ether oxygens (including phenoxy) is 2. The number of hydrogen-bond donors (Lipinski definition) is 1. The Bertz CT molecular complexity index is 785. The molecule has 0 aliphatic heterocycles. The van der Waals surface area contributed by atoms with E-state index >= 15 is 0 Å². The zero-order valence-electron chi connectivity index (χ0n) is 14.4. The summed E-state index contributed by atoms with van der Waals surface area (Å²) >= 11 is 0. The van der Waals surface area contributed by atoms with Crippen LogP contribution in [-0.4, -0.2) is 28.7 Å². The lowest BCUT2D eigenvalue weighted by atomic mass is 10.1. The molecule has 0 aliphatic carbocycles. The van der Waals surface area contributed by atoms with E-state index in [-0.39, 0.29) is 10.9 Å². The second kappa shape index (κ2) is 7.68. The van der Waals surface area contributed by atoms with Gasteiger partial charge < -0.3 is 9.47 Å². The highest BCUT2D eigenvalue weighted by Gasteiger charge is 2.18. The van der Waals surface area contributed by atoms with Crippen LogP contribution < -0.4 is 14.2 Å². The lowest BCUT2D eigenvalue weighted by molar-refractivity contribution is 0.354. The molecule has 24 heavy (non-hydrogen) atoms. The predicted octanol–water partition coefficient (Wildman–Crippen LogP) is 2.92. The van der Waals surface area contributed by atoms with Gasteiger partial charge in [0.1, 0.15) is 0 Å². The van der Waals surface area contributed by atoms with Crippen molar-refractivity contribution >= 4 is 10.0 Å². The van der Waals surface area contributed by atoms with Crippen LogP contribution in [0.25, 0.3) is 0 Å². The van der Waals surface area contributed by atoms with E-state index in [1.807, 2.05) is 32.0 Å². The second-order valence-corrected chi connectivity index (χ2v) is 7.44. The van der Waals surface area contributed by atoms with E-state index in [2.05, 4.69) is 4.72 Å². The van der Waals surface area contributed by atoms with Crippen LogP contribution in [0, 0.1) is 6.92 Å². The Balaban J connectivity index is 2.10. The summed E-state index contributed by atoms with van der Waals surface area (Å²) in [6.07, 6.45) is 0.547. The van der Waals surface area contributed by atoms with Gasteiger partial charge in [-0.1, -0.05) is 23.8 Å². The maximum Gasteiger partial charge on any atom is 0.240 e. The monoisotopic (exact) mass is 349 g/mol. The Hall–Kier alpha value is -2.05. The van der Waals surface area contributed by atoms with Crippen molar-refractivity contribution < 1.29 is 17.9 Å². The Morgan fingerprint density at radius 3 is 2.21 bits per heavy atom. The Kier molecular flexibility index (Phi) is 5.85. The quantitative estimate of drug-likeness (QED) is 0.835. The van der Waals surface area contributed by atoms with Gasteiger partial charge in [0.2, 0.25) is 10.0 Å². The van der Waals surface area contributed by atoms with Gasteiger partial charge in [0, 0.05) is 6.04 Å². The first-order chi connectivity index (χ1) is 11.4. The highest BCUT2D eigenvalue weighted by Crippen LogP contribution is 2.28. The molecule has 2 aromatic rings. The number of aryl methyl sites for hydroxylation is 1. The van der Waals surface area contributed by atoms with E-state index in [9.17, 15) is 8.42 Å². The van der Waals surface area contributed by atoms with Crippen LogP contribution in [-0.2, 0) is 16.4 Å². The van der Waals surface area contributed by atoms with E-state index in [1.165, 1.54) is 0 Å². The molecular formula is C18H23NO4S. The van der Waals surface area contributed by atoms with Gasteiger partial charge in [0.25, 0.3) is 0 Å². The molecule has 0 saturated carbocycles. The Labute approximate surface area is 143 Å². The summed E-state index contributed by atoms with van der Waals surface area (Å²) in [5.74, 6) is 1.28. The highest BCUT2D eigenvalue weighted by molar-refractivity contribution is 7.89. The van der Waals surface area contributed by atoms with Crippen molar-refractivity contribution in [2.45, 2.75) is 31.2 Å². The topological polar surface area (TPSA) is 64.6 Å². The molecule has 0 radical (unpaired) electrons. The number of methoxy groups -OCH3 is 2. The first kappa shape index (κ1) is 18.3. The summed E-state index contributed by atoms with van der Waals surface area (Å²) in [5.41, 5.74) is 1.99. The molecule has 0 aromatic heterocycles. The molecule has 0 saturated heterocycles. The van der Waals surface area contributed by atoms with E-state index in [1.54, 1.807) is 38.5 Å². The summed E-state index contributed by atoms with van der Waals surface area (Å²) in [4.78, 5) is 0.271. The lowest BCUT2D eigenvalue weighted by Crippen LogP contribution is -2.34. The van der Waals surface area contributed by atoms with Gasteiger partial charge in [-0.2, -0.15) is 0 Å². The highest BCUT2D eigenvalue weighted by atomic mass is 32.2. The van der Waals surface area contributed by atoms with Crippen molar-refractivity contribution in [2.24, 2.45) is 0 Å². The first-order valence-corrected chi connectivity index (χ1v) is 9.14. The van der Waals surface area contributed by atoms with E-state index in [0.29, 0.717) is 17.9 Å². The van der Waals surface area contributed by atoms with Crippen LogP contribution in [0.5, 0.6) is 11.5 Å². The number of nitrogens with one attached hydrogen (secondary N) is 1. The number of sulfonamides is 1. The van der Waals surface area contributed by atoms with Crippen molar-refractivity contribution in [2.75, 3.05) is 14.2 Å². The standard InChI is InChI=1S/C18H23NO4S/c1-13-5-8-16(9-6-13)24(20,21)19-14(2)11-15-7-10-17(22-3)18(12-15)23-4/h5-10,12,14,19H,11H2,1-4H3. The Morgan fingerprint density at radius 1 is 1.00 bits per heavy atom. The minimum absolute atomic E-state index is 0.255. The van der Waals surface area contributed by atoms with Gasteiger partial charge in [0.15, 0.2) is 11.5 Å². The number of hydrogen-bond acceptors (Lipinski definition) is 4. The van der Waals surface area contributed by atoms with Crippen LogP contribution in [0.15, 0.2) is 47.4 Å². The summed E-state index contributed by atoms with van der Waals surface area (Å²) in [5, 5.41) is 0. The van der Waals surface area contributed by atoms with Gasteiger partial charge in [-0.3, -0.25) is 0 Å². The zero-order valence-corrected chi connectivity index (χ0v) is 15.2. The lowest BCUT2D eigenvalue weighted by Gasteiger charge is -2.16. The largest absolute Gasteiger partial charge is 0.493 e. The van der Waals surface area contributed by atoms with Crippen molar-refractivity contribution in [3.05, 3.63) is 53.6 Å². The molecule has 2 rings (SSSR count). The fourth-order valence-corrected chi connectivity index (χ4v) is 3.70. The third kappa shape index (κ3) is 4.49. The second-order valence-electron chi connectivity index (χ2n) is 5.73. The molecule has 0 spiro atoms. The fourth-order valence-electron chi connectivity index (χ4n) is 2.45. The van der Waals surface area contributed by atoms with Crippen molar-refractivity contribution in [1.82, 2.24) is 4.72 Å². The zero-order chi connectivity index (χ0) is 17.7. The fraction of sp³-hybridized carbons (Fsp3) is 0.333. The van der Waals surface area contributed by atoms with Crippen molar-refractivity contribution in [1.29, 1.82) is 0 Å². The SMILES string of the molecule is COc1ccc(CC(C)NS(=O)(=O)c2ccc(C)cc2)cc1OC. The summed E-state index contributed by atoms with van der Waals surface area (Å²) < 4.78 is 38.0. The average molecular weight is 349 g/mol. The molecule has 0 amide bonds. The van der Waals surface area contributed by atoms with Crippen LogP contribution in [0.4, 0.5) is 0 Å². The third-order valence-electron chi connectivity index (χ3n) is 3.68. The molecule has 1 unspecified atom stereocenters. The van der Waals surface area contributed by atoms with Crippen LogP contribution >= 0.6 is 0 Å². The minimum atomic E-state index is -3.53. The minimum Gasteiger partial charge on any atom is -0.493 e. The van der Waals surface area contributed by atoms with Gasteiger partial charge in [0.05, 0.1) is 19.1 Å². The van der Waals surface area contributed by atoms with E-state index in [4.69, 9.17) is 9.47 Å². The Morgan fingerprint density at radius 2 is 1.62 bits per heavy atom. The predicted molar refractivity (Wildman–Crippen MR) is 94.2 cm³/mol. The molecule has 0 bridgehead atoms. The molecule has 5 nitrogen and oxygen atoms in total. The third-order valence-corrected chi connectivity index (χ3v) is 5.28. The smallest absolute Gasteiger partial charge is 0.240 e. The molecule has 2 aromatic carbocycles. The van der Waals surface area contributed by atoms with Gasteiger partial charge in [-0.15, -0.1) is 0 Å². The molecule has 1 N–H and O–H groups in total. The van der Waals surface area contributed by atoms with Crippen molar-refractivity contribution in [3.63, 3.8) is 0 Å². The molecular weight excluding hydrogens is 326 g/mol. The van der Waals surface area contributed by atoms with Gasteiger partial charge in [-0.25, -0.2) is 13.1 Å². The van der Waals surface area contributed by atoms with Crippen LogP contribution in [0.1, 0.15) is 18.1 Å². The number of rotatable bonds is 7. The van der Waals surface area contributed by atoms with Crippen molar-refractivity contribution in [3.8, 4) is 11.5 Å². The van der Waals surface area contributed by atoms with Crippen LogP contribution in [0.2, 0.25) is 0 Å². The van der Waals surface area contributed by atoms with Crippen LogP contribution in [0.3, 0.4) is 0 Å². The molecule has 1 atom stereocenters. The number of benzene rings is 2.